The largest absolute Gasteiger partial charge is 0.456 e. The normalized spacial score (nSPS) is 12.9. The van der Waals surface area contributed by atoms with E-state index in [4.69, 9.17) is 4.42 Å². The third-order valence-corrected chi connectivity index (χ3v) is 10.7. The summed E-state index contributed by atoms with van der Waals surface area (Å²) in [5.74, 6) is 0. The highest BCUT2D eigenvalue weighted by Crippen LogP contribution is 2.40. The van der Waals surface area contributed by atoms with Gasteiger partial charge >= 0.3 is 0 Å². The van der Waals surface area contributed by atoms with E-state index in [0.717, 1.165) is 35.1 Å². The van der Waals surface area contributed by atoms with Gasteiger partial charge in [-0.1, -0.05) is 109 Å². The van der Waals surface area contributed by atoms with E-state index in [1.54, 1.807) is 0 Å². The lowest BCUT2D eigenvalue weighted by atomic mass is 10.0. The minimum Gasteiger partial charge on any atom is -0.456 e. The first-order valence-corrected chi connectivity index (χ1v) is 17.8. The second kappa shape index (κ2) is 11.0. The fraction of sp³-hybridized carbons (Fsp3) is 0.0417. The van der Waals surface area contributed by atoms with Crippen molar-refractivity contribution in [2.45, 2.75) is 12.8 Å². The maximum atomic E-state index is 6.62. The number of benzene rings is 7. The summed E-state index contributed by atoms with van der Waals surface area (Å²) in [7, 11) is 0. The van der Waals surface area contributed by atoms with E-state index in [0.29, 0.717) is 0 Å². The zero-order chi connectivity index (χ0) is 33.5. The summed E-state index contributed by atoms with van der Waals surface area (Å²) in [4.78, 5) is 0. The summed E-state index contributed by atoms with van der Waals surface area (Å²) in [6.07, 6.45) is 6.62. The van der Waals surface area contributed by atoms with Gasteiger partial charge in [0.15, 0.2) is 0 Å². The van der Waals surface area contributed by atoms with Gasteiger partial charge in [0.05, 0.1) is 33.1 Å². The van der Waals surface area contributed by atoms with Crippen LogP contribution in [0.4, 0.5) is 0 Å². The number of furan rings is 1. The molecule has 3 nitrogen and oxygen atoms in total. The van der Waals surface area contributed by atoms with Crippen molar-refractivity contribution in [2.24, 2.45) is 0 Å². The minimum atomic E-state index is 0.924. The molecule has 0 amide bonds. The average molecular weight is 653 g/mol. The molecule has 0 saturated heterocycles. The first-order chi connectivity index (χ1) is 25.3. The molecule has 1 aliphatic rings. The van der Waals surface area contributed by atoms with E-state index in [1.807, 2.05) is 0 Å². The highest BCUT2D eigenvalue weighted by molar-refractivity contribution is 6.13. The van der Waals surface area contributed by atoms with Gasteiger partial charge in [0.1, 0.15) is 11.0 Å². The molecule has 0 N–H and O–H groups in total. The van der Waals surface area contributed by atoms with Gasteiger partial charge in [0.25, 0.3) is 0 Å². The predicted octanol–water partition coefficient (Wildman–Crippen LogP) is 11.3. The van der Waals surface area contributed by atoms with Gasteiger partial charge in [-0.2, -0.15) is 0 Å². The highest BCUT2D eigenvalue weighted by Gasteiger charge is 2.20. The number of hydrogen-bond donors (Lipinski definition) is 0. The van der Waals surface area contributed by atoms with E-state index < -0.39 is 0 Å². The Balaban J connectivity index is 1.19. The third-order valence-electron chi connectivity index (χ3n) is 10.7. The molecule has 3 aromatic heterocycles. The molecule has 11 rings (SSSR count). The van der Waals surface area contributed by atoms with Gasteiger partial charge < -0.3 is 13.6 Å². The summed E-state index contributed by atoms with van der Waals surface area (Å²) in [6.45, 7) is 0. The molecule has 0 atom stereocenters. The Morgan fingerprint density at radius 2 is 1.04 bits per heavy atom. The van der Waals surface area contributed by atoms with Crippen molar-refractivity contribution in [1.82, 2.24) is 9.13 Å². The van der Waals surface area contributed by atoms with Crippen LogP contribution in [0.1, 0.15) is 12.8 Å². The van der Waals surface area contributed by atoms with Crippen LogP contribution in [0.3, 0.4) is 0 Å². The van der Waals surface area contributed by atoms with Gasteiger partial charge in [0.2, 0.25) is 0 Å². The Kier molecular flexibility index (Phi) is 6.08. The van der Waals surface area contributed by atoms with Crippen molar-refractivity contribution >= 4 is 66.7 Å². The number of nitrogens with zero attached hydrogens (tertiary/aromatic N) is 2. The van der Waals surface area contributed by atoms with Crippen LogP contribution in [0.5, 0.6) is 0 Å². The second-order valence-electron chi connectivity index (χ2n) is 13.6. The van der Waals surface area contributed by atoms with Gasteiger partial charge in [-0.25, -0.2) is 0 Å². The Labute approximate surface area is 294 Å². The standard InChI is InChI=1S/C48H32N2O/c1-3-13-31(14-4-1)34-29-45(48-39-19-9-12-22-46(39)51-47(48)30-34)50-42-21-11-7-17-36(42)38-25-23-33(28-44(38)50)32-24-26-43-40(27-32)37-18-8-10-20-41(37)49(43)35-15-5-2-6-16-35/h1-8,10-11,13-30H,9,12H2. The maximum Gasteiger partial charge on any atom is 0.138 e. The van der Waals surface area contributed by atoms with Crippen LogP contribution in [0.15, 0.2) is 162 Å². The Hall–Kier alpha value is -6.58. The highest BCUT2D eigenvalue weighted by atomic mass is 16.3. The lowest BCUT2D eigenvalue weighted by Crippen LogP contribution is -2.22. The number of fused-ring (bicyclic) bond motifs is 9. The molecule has 10 aromatic rings. The van der Waals surface area contributed by atoms with Crippen molar-refractivity contribution in [1.29, 1.82) is 0 Å². The summed E-state index contributed by atoms with van der Waals surface area (Å²) < 4.78 is 11.5. The molecule has 51 heavy (non-hydrogen) atoms. The summed E-state index contributed by atoms with van der Waals surface area (Å²) in [5, 5.41) is 7.36. The molecule has 0 fully saturated rings. The minimum absolute atomic E-state index is 0.924. The molecule has 7 aromatic carbocycles. The molecule has 0 aliphatic heterocycles. The topological polar surface area (TPSA) is 23.0 Å². The van der Waals surface area contributed by atoms with Crippen LogP contribution in [0, 0.1) is 0 Å². The first kappa shape index (κ1) is 28.3. The smallest absolute Gasteiger partial charge is 0.138 e. The van der Waals surface area contributed by atoms with E-state index in [1.165, 1.54) is 76.6 Å². The average Bonchev–Trinajstić information content (AvgIpc) is 3.85. The molecular weight excluding hydrogens is 621 g/mol. The Morgan fingerprint density at radius 1 is 0.412 bits per heavy atom. The quantitative estimate of drug-likeness (QED) is 0.186. The Morgan fingerprint density at radius 3 is 1.86 bits per heavy atom. The zero-order valence-electron chi connectivity index (χ0n) is 27.9. The summed E-state index contributed by atoms with van der Waals surface area (Å²) >= 11 is 0. The molecule has 0 unspecified atom stereocenters. The van der Waals surface area contributed by atoms with Crippen molar-refractivity contribution in [3.8, 4) is 33.6 Å². The van der Waals surface area contributed by atoms with Crippen molar-refractivity contribution < 1.29 is 4.42 Å². The molecule has 240 valence electrons. The molecular formula is C48H32N2O. The van der Waals surface area contributed by atoms with E-state index in [-0.39, 0.29) is 0 Å². The first-order valence-electron chi connectivity index (χ1n) is 17.8. The summed E-state index contributed by atoms with van der Waals surface area (Å²) in [5.41, 5.74) is 13.7. The van der Waals surface area contributed by atoms with Crippen LogP contribution in [-0.4, -0.2) is 9.13 Å². The maximum absolute atomic E-state index is 6.62. The van der Waals surface area contributed by atoms with Crippen molar-refractivity contribution in [3.63, 3.8) is 0 Å². The lowest BCUT2D eigenvalue weighted by molar-refractivity contribution is 0.572. The van der Waals surface area contributed by atoms with Crippen LogP contribution >= 0.6 is 0 Å². The molecule has 0 bridgehead atoms. The summed E-state index contributed by atoms with van der Waals surface area (Å²) in [6, 6.07) is 57.3. The monoisotopic (exact) mass is 652 g/mol. The number of para-hydroxylation sites is 3. The fourth-order valence-electron chi connectivity index (χ4n) is 8.44. The molecule has 1 aliphatic carbocycles. The van der Waals surface area contributed by atoms with Crippen LogP contribution in [0.25, 0.3) is 100 Å². The van der Waals surface area contributed by atoms with Gasteiger partial charge in [-0.05, 0) is 95.8 Å². The molecule has 0 saturated carbocycles. The van der Waals surface area contributed by atoms with Gasteiger partial charge in [-0.3, -0.25) is 0 Å². The van der Waals surface area contributed by atoms with Crippen molar-refractivity contribution in [3.05, 3.63) is 168 Å². The van der Waals surface area contributed by atoms with E-state index in [2.05, 4.69) is 179 Å². The van der Waals surface area contributed by atoms with Gasteiger partial charge in [-0.15, -0.1) is 0 Å². The molecule has 3 heterocycles. The number of hydrogen-bond acceptors (Lipinski definition) is 1. The molecule has 0 radical (unpaired) electrons. The molecule has 0 spiro atoms. The SMILES string of the molecule is C1=c2oc3cc(-c4ccccc4)cc(-n4c5ccccc5c5ccc(-c6ccc7c(c6)c6ccccc6n7-c6ccccc6)cc54)c3c2=CCC1. The van der Waals surface area contributed by atoms with E-state index >= 15 is 0 Å². The van der Waals surface area contributed by atoms with Crippen molar-refractivity contribution in [2.75, 3.05) is 0 Å². The number of rotatable bonds is 4. The lowest BCUT2D eigenvalue weighted by Gasteiger charge is -2.13. The number of aromatic nitrogens is 2. The van der Waals surface area contributed by atoms with Crippen LogP contribution in [-0.2, 0) is 0 Å². The van der Waals surface area contributed by atoms with E-state index in [9.17, 15) is 0 Å². The Bertz CT molecular complexity index is 3120. The third kappa shape index (κ3) is 4.25. The van der Waals surface area contributed by atoms with Gasteiger partial charge in [0, 0.05) is 32.5 Å². The van der Waals surface area contributed by atoms with Crippen LogP contribution < -0.4 is 10.6 Å². The zero-order valence-corrected chi connectivity index (χ0v) is 27.9. The predicted molar refractivity (Wildman–Crippen MR) is 213 cm³/mol. The second-order valence-corrected chi connectivity index (χ2v) is 13.6. The fourth-order valence-corrected chi connectivity index (χ4v) is 8.44. The molecule has 3 heteroatoms. The van der Waals surface area contributed by atoms with Crippen LogP contribution in [0.2, 0.25) is 0 Å².